The van der Waals surface area contributed by atoms with Crippen molar-refractivity contribution in [3.63, 3.8) is 0 Å². The standard InChI is InChI=1S/C12H13F6NO2/c1-20-6-7-21-10(11(13,14)15,12(16,17)18)8-2-4-9(19)5-3-8/h2-5H,6-7,19H2,1H3. The van der Waals surface area contributed by atoms with Gasteiger partial charge >= 0.3 is 12.4 Å². The Balaban J connectivity index is 3.40. The third-order valence-electron chi connectivity index (χ3n) is 2.72. The minimum atomic E-state index is -5.70. The molecule has 0 aromatic heterocycles. The summed E-state index contributed by atoms with van der Waals surface area (Å²) >= 11 is 0. The summed E-state index contributed by atoms with van der Waals surface area (Å²) in [6.45, 7) is -1.29. The molecule has 0 saturated heterocycles. The summed E-state index contributed by atoms with van der Waals surface area (Å²) in [7, 11) is 1.13. The predicted octanol–water partition coefficient (Wildman–Crippen LogP) is 3.25. The number of halogens is 6. The third kappa shape index (κ3) is 3.41. The monoisotopic (exact) mass is 317 g/mol. The lowest BCUT2D eigenvalue weighted by Crippen LogP contribution is -2.56. The van der Waals surface area contributed by atoms with Gasteiger partial charge in [0.2, 0.25) is 0 Å². The minimum Gasteiger partial charge on any atom is -0.399 e. The van der Waals surface area contributed by atoms with E-state index in [0.717, 1.165) is 19.2 Å². The van der Waals surface area contributed by atoms with Crippen LogP contribution < -0.4 is 5.73 Å². The second kappa shape index (κ2) is 6.10. The van der Waals surface area contributed by atoms with Crippen molar-refractivity contribution in [2.45, 2.75) is 18.0 Å². The van der Waals surface area contributed by atoms with Gasteiger partial charge in [-0.05, 0) is 12.1 Å². The van der Waals surface area contributed by atoms with Crippen LogP contribution in [0.25, 0.3) is 0 Å². The number of methoxy groups -OCH3 is 1. The van der Waals surface area contributed by atoms with Crippen LogP contribution in [0, 0.1) is 0 Å². The Morgan fingerprint density at radius 1 is 0.905 bits per heavy atom. The first kappa shape index (κ1) is 17.6. The van der Waals surface area contributed by atoms with Gasteiger partial charge in [0, 0.05) is 18.4 Å². The van der Waals surface area contributed by atoms with Crippen LogP contribution >= 0.6 is 0 Å². The molecule has 0 unspecified atom stereocenters. The molecular formula is C12H13F6NO2. The van der Waals surface area contributed by atoms with Crippen molar-refractivity contribution in [2.24, 2.45) is 0 Å². The maximum absolute atomic E-state index is 13.2. The zero-order valence-corrected chi connectivity index (χ0v) is 10.9. The van der Waals surface area contributed by atoms with Gasteiger partial charge in [0.25, 0.3) is 5.60 Å². The predicted molar refractivity (Wildman–Crippen MR) is 62.5 cm³/mol. The molecule has 1 aromatic rings. The fourth-order valence-corrected chi connectivity index (χ4v) is 1.73. The van der Waals surface area contributed by atoms with Gasteiger partial charge in [0.1, 0.15) is 0 Å². The average Bonchev–Trinajstić information content (AvgIpc) is 2.33. The Kier molecular flexibility index (Phi) is 5.11. The van der Waals surface area contributed by atoms with Gasteiger partial charge in [0.05, 0.1) is 13.2 Å². The fraction of sp³-hybridized carbons (Fsp3) is 0.500. The zero-order valence-electron chi connectivity index (χ0n) is 10.9. The van der Waals surface area contributed by atoms with E-state index in [2.05, 4.69) is 9.47 Å². The number of rotatable bonds is 5. The summed E-state index contributed by atoms with van der Waals surface area (Å²) in [5.74, 6) is 0. The van der Waals surface area contributed by atoms with Gasteiger partial charge in [-0.3, -0.25) is 0 Å². The Morgan fingerprint density at radius 3 is 1.76 bits per heavy atom. The molecule has 0 atom stereocenters. The normalized spacial score (nSPS) is 13.5. The van der Waals surface area contributed by atoms with E-state index < -0.39 is 36.7 Å². The van der Waals surface area contributed by atoms with Gasteiger partial charge in [0.15, 0.2) is 0 Å². The quantitative estimate of drug-likeness (QED) is 0.515. The molecule has 0 saturated carbocycles. The van der Waals surface area contributed by atoms with E-state index in [-0.39, 0.29) is 5.69 Å². The third-order valence-corrected chi connectivity index (χ3v) is 2.72. The first-order valence-electron chi connectivity index (χ1n) is 5.68. The second-order valence-corrected chi connectivity index (χ2v) is 4.14. The highest BCUT2D eigenvalue weighted by Crippen LogP contribution is 2.52. The van der Waals surface area contributed by atoms with Crippen LogP contribution in [-0.2, 0) is 15.1 Å². The van der Waals surface area contributed by atoms with E-state index in [1.165, 1.54) is 0 Å². The maximum Gasteiger partial charge on any atom is 0.430 e. The second-order valence-electron chi connectivity index (χ2n) is 4.14. The lowest BCUT2D eigenvalue weighted by atomic mass is 9.91. The van der Waals surface area contributed by atoms with Crippen LogP contribution in [0.5, 0.6) is 0 Å². The summed E-state index contributed by atoms with van der Waals surface area (Å²) in [5, 5.41) is 0. The summed E-state index contributed by atoms with van der Waals surface area (Å²) in [5.41, 5.74) is -0.192. The number of hydrogen-bond donors (Lipinski definition) is 1. The fourth-order valence-electron chi connectivity index (χ4n) is 1.73. The van der Waals surface area contributed by atoms with Crippen LogP contribution in [-0.4, -0.2) is 32.7 Å². The van der Waals surface area contributed by atoms with Crippen molar-refractivity contribution in [2.75, 3.05) is 26.1 Å². The molecule has 0 spiro atoms. The molecule has 0 aliphatic carbocycles. The zero-order chi connectivity index (χ0) is 16.3. The molecule has 2 N–H and O–H groups in total. The van der Waals surface area contributed by atoms with Gasteiger partial charge in [-0.15, -0.1) is 0 Å². The van der Waals surface area contributed by atoms with Crippen molar-refractivity contribution in [3.8, 4) is 0 Å². The summed E-state index contributed by atoms with van der Waals surface area (Å²) in [6.07, 6.45) is -11.4. The molecule has 1 rings (SSSR count). The van der Waals surface area contributed by atoms with Crippen molar-refractivity contribution in [1.82, 2.24) is 0 Å². The number of nitrogen functional groups attached to an aromatic ring is 1. The van der Waals surface area contributed by atoms with Crippen molar-refractivity contribution in [3.05, 3.63) is 29.8 Å². The molecule has 0 aliphatic rings. The van der Waals surface area contributed by atoms with E-state index in [9.17, 15) is 26.3 Å². The highest BCUT2D eigenvalue weighted by molar-refractivity contribution is 5.42. The Bertz CT molecular complexity index is 440. The molecule has 0 heterocycles. The first-order valence-corrected chi connectivity index (χ1v) is 5.68. The summed E-state index contributed by atoms with van der Waals surface area (Å²) < 4.78 is 87.7. The minimum absolute atomic E-state index is 0.0360. The number of anilines is 1. The Hall–Kier alpha value is -1.48. The summed E-state index contributed by atoms with van der Waals surface area (Å²) in [4.78, 5) is 0. The molecule has 3 nitrogen and oxygen atoms in total. The molecular weight excluding hydrogens is 304 g/mol. The SMILES string of the molecule is COCCOC(c1ccc(N)cc1)(C(F)(F)F)C(F)(F)F. The van der Waals surface area contributed by atoms with E-state index in [1.54, 1.807) is 0 Å². The average molecular weight is 317 g/mol. The van der Waals surface area contributed by atoms with Crippen LogP contribution in [0.3, 0.4) is 0 Å². The number of alkyl halides is 6. The molecule has 21 heavy (non-hydrogen) atoms. The largest absolute Gasteiger partial charge is 0.430 e. The smallest absolute Gasteiger partial charge is 0.399 e. The summed E-state index contributed by atoms with van der Waals surface area (Å²) in [6, 6.07) is 3.18. The highest BCUT2D eigenvalue weighted by Gasteiger charge is 2.73. The van der Waals surface area contributed by atoms with Crippen molar-refractivity contribution >= 4 is 5.69 Å². The van der Waals surface area contributed by atoms with Crippen LogP contribution in [0.15, 0.2) is 24.3 Å². The topological polar surface area (TPSA) is 44.5 Å². The molecule has 0 bridgehead atoms. The number of hydrogen-bond acceptors (Lipinski definition) is 3. The van der Waals surface area contributed by atoms with Gasteiger partial charge in [-0.25, -0.2) is 0 Å². The Labute approximate surface area is 116 Å². The lowest BCUT2D eigenvalue weighted by molar-refractivity contribution is -0.390. The van der Waals surface area contributed by atoms with E-state index in [4.69, 9.17) is 5.73 Å². The van der Waals surface area contributed by atoms with Crippen molar-refractivity contribution < 1.29 is 35.8 Å². The van der Waals surface area contributed by atoms with Gasteiger partial charge < -0.3 is 15.2 Å². The number of benzene rings is 1. The molecule has 0 amide bonds. The molecule has 9 heteroatoms. The molecule has 0 fully saturated rings. The van der Waals surface area contributed by atoms with Crippen LogP contribution in [0.4, 0.5) is 32.0 Å². The maximum atomic E-state index is 13.2. The van der Waals surface area contributed by atoms with Gasteiger partial charge in [-0.1, -0.05) is 12.1 Å². The lowest BCUT2D eigenvalue weighted by Gasteiger charge is -2.37. The van der Waals surface area contributed by atoms with Crippen LogP contribution in [0.2, 0.25) is 0 Å². The van der Waals surface area contributed by atoms with Crippen LogP contribution in [0.1, 0.15) is 5.56 Å². The molecule has 120 valence electrons. The Morgan fingerprint density at radius 2 is 1.38 bits per heavy atom. The van der Waals surface area contributed by atoms with E-state index >= 15 is 0 Å². The van der Waals surface area contributed by atoms with E-state index in [1.807, 2.05) is 0 Å². The number of nitrogens with two attached hydrogens (primary N) is 1. The molecule has 1 aromatic carbocycles. The number of ether oxygens (including phenoxy) is 2. The first-order chi connectivity index (χ1) is 9.56. The molecule has 0 aliphatic heterocycles. The van der Waals surface area contributed by atoms with E-state index in [0.29, 0.717) is 12.1 Å². The van der Waals surface area contributed by atoms with Gasteiger partial charge in [-0.2, -0.15) is 26.3 Å². The molecule has 0 radical (unpaired) electrons. The van der Waals surface area contributed by atoms with Crippen molar-refractivity contribution in [1.29, 1.82) is 0 Å². The highest BCUT2D eigenvalue weighted by atomic mass is 19.4.